The Bertz CT molecular complexity index is 7640. The molecule has 596 valence electrons. The average Bonchev–Trinajstić information content (AvgIpc) is 1.52. The summed E-state index contributed by atoms with van der Waals surface area (Å²) in [5.41, 5.74) is 26.0. The first kappa shape index (κ1) is 63.6. The van der Waals surface area contributed by atoms with Gasteiger partial charge in [-0.1, -0.05) is 328 Å². The van der Waals surface area contributed by atoms with Gasteiger partial charge in [-0.2, -0.15) is 0 Å². The zero-order valence-electron chi connectivity index (χ0n) is 84.9. The summed E-state index contributed by atoms with van der Waals surface area (Å²) in [5, 5.41) is 2.03. The van der Waals surface area contributed by atoms with Gasteiger partial charge in [-0.05, 0) is 249 Å². The largest absolute Gasteiger partial charge is 0.311 e. The molecule has 2 aliphatic rings. The molecule has 0 amide bonds. The smallest absolute Gasteiger partial charge is 0.252 e. The molecule has 0 saturated heterocycles. The van der Waals surface area contributed by atoms with E-state index in [1.807, 2.05) is 18.2 Å². The zero-order valence-corrected chi connectivity index (χ0v) is 71.9. The number of nitrogens with zero attached hydrogens (tertiary/aromatic N) is 5. The Balaban J connectivity index is 0.973. The molecule has 5 nitrogen and oxygen atoms in total. The van der Waals surface area contributed by atoms with Gasteiger partial charge in [0.15, 0.2) is 0 Å². The molecule has 0 saturated carbocycles. The Hall–Kier alpha value is -13.4. The molecular weight excluding hydrogens is 1470 g/mol. The molecule has 6 heteroatoms. The molecule has 0 unspecified atom stereocenters. The number of fused-ring (bicyclic) bond motifs is 10. The van der Waals surface area contributed by atoms with Gasteiger partial charge in [-0.15, -0.1) is 0 Å². The Kier molecular flexibility index (Phi) is 15.2. The first-order valence-corrected chi connectivity index (χ1v) is 42.4. The third-order valence-electron chi connectivity index (χ3n) is 24.9. The Labute approximate surface area is 738 Å². The van der Waals surface area contributed by atoms with Crippen LogP contribution in [0.2, 0.25) is 0 Å². The highest BCUT2D eigenvalue weighted by Crippen LogP contribution is 2.55. The highest BCUT2D eigenvalue weighted by molar-refractivity contribution is 7.00. The SMILES string of the molecule is [2H]c1c([2H])c([2H])c(N(c2ccc(-n3c4c([2H])c([2H])c([2H])c([2H])c4c4c([2H])c([2H])c([2H])c([2H])c43)cc2)c2ccc3c(c2)N(c2c(-c4ccccc4)cc(C(C)(C)C)cc2-c2ccccc2)c2cc(-n4c5ccc(C(C)(C)C)cc5c5cc(C(C)(C)C)ccc54)cc4c2B3c2ccc(-c3cc(C(C)(C)C)cc(C(C)(C)C)c3)cc2N4c2cc(-c3ccccc3)cc(-c3ccccc3)c2)c([2H])c1[2H]. The molecule has 2 aliphatic heterocycles. The van der Waals surface area contributed by atoms with Gasteiger partial charge in [0.2, 0.25) is 0 Å². The van der Waals surface area contributed by atoms with Crippen molar-refractivity contribution in [2.75, 3.05) is 14.7 Å². The Morgan fingerprint density at radius 1 is 0.254 bits per heavy atom. The van der Waals surface area contributed by atoms with E-state index < -0.39 is 90.7 Å². The van der Waals surface area contributed by atoms with E-state index in [0.29, 0.717) is 17.1 Å². The van der Waals surface area contributed by atoms with Crippen LogP contribution in [0.4, 0.5) is 51.2 Å². The van der Waals surface area contributed by atoms with Crippen LogP contribution in [-0.2, 0) is 27.1 Å². The van der Waals surface area contributed by atoms with E-state index in [0.717, 1.165) is 134 Å². The fraction of sp³-hybridized carbons (Fsp3) is 0.172. The molecule has 122 heavy (non-hydrogen) atoms. The van der Waals surface area contributed by atoms with Gasteiger partial charge < -0.3 is 23.8 Å². The van der Waals surface area contributed by atoms with Crippen LogP contribution < -0.4 is 31.1 Å². The van der Waals surface area contributed by atoms with Crippen LogP contribution in [0.25, 0.3) is 111 Å². The second-order valence-corrected chi connectivity index (χ2v) is 38.1. The van der Waals surface area contributed by atoms with E-state index in [9.17, 15) is 12.3 Å². The minimum atomic E-state index is -0.597. The van der Waals surface area contributed by atoms with Crippen LogP contribution in [-0.4, -0.2) is 15.8 Å². The molecule has 0 bridgehead atoms. The second-order valence-electron chi connectivity index (χ2n) is 38.1. The van der Waals surface area contributed by atoms with Crippen LogP contribution in [0.5, 0.6) is 0 Å². The maximum absolute atomic E-state index is 10.2. The molecule has 0 aliphatic carbocycles. The quantitative estimate of drug-likeness (QED) is 0.114. The fourth-order valence-electron chi connectivity index (χ4n) is 18.3. The lowest BCUT2D eigenvalue weighted by Gasteiger charge is -2.46. The van der Waals surface area contributed by atoms with Gasteiger partial charge in [0, 0.05) is 83.9 Å². The van der Waals surface area contributed by atoms with Gasteiger partial charge in [0.05, 0.1) is 51.3 Å². The standard InChI is InChI=1S/C116H104BN5/c1-112(2,3)83-50-59-104-98(68-83)99-69-84(113(4,5)6)51-60-105(99)120(104)93-73-108-110-109(74-93)122(111-96(77-39-25-18-26-40-77)70-87(116(13,14)15)71-97(111)78-41-27-19-28-42-78)107-72-91(118(88-43-29-20-30-44-88)89-52-54-90(55-53-89)119-102-47-33-31-45-94(102)95-46-32-34-48-103(95)119)56-58-101(107)117(110)100-57-49-79(82-62-85(114(7,8)9)67-86(63-82)115(10,11)12)66-106(100)121(108)92-64-80(75-35-21-16-22-36-75)61-81(65-92)76-37-23-17-24-38-76/h16-74H,1-15H3/i20D,29D,30D,31D,32D,33D,34D,43D,44D,45D,46D,47D,48D. The number of anilines is 9. The van der Waals surface area contributed by atoms with E-state index in [4.69, 9.17) is 5.48 Å². The summed E-state index contributed by atoms with van der Waals surface area (Å²) in [4.78, 5) is 6.71. The number of hydrogen-bond acceptors (Lipinski definition) is 3. The summed E-state index contributed by atoms with van der Waals surface area (Å²) in [7, 11) is 0. The van der Waals surface area contributed by atoms with Gasteiger partial charge in [0.1, 0.15) is 0 Å². The summed E-state index contributed by atoms with van der Waals surface area (Å²) in [5.74, 6) is 0. The van der Waals surface area contributed by atoms with E-state index >= 15 is 0 Å². The van der Waals surface area contributed by atoms with Crippen molar-refractivity contribution < 1.29 is 17.8 Å². The minimum absolute atomic E-state index is 0.0759. The number of para-hydroxylation sites is 3. The van der Waals surface area contributed by atoms with Crippen molar-refractivity contribution in [1.82, 2.24) is 9.13 Å². The van der Waals surface area contributed by atoms with Gasteiger partial charge in [-0.3, -0.25) is 0 Å². The van der Waals surface area contributed by atoms with Crippen molar-refractivity contribution >= 4 is 118 Å². The summed E-state index contributed by atoms with van der Waals surface area (Å²) in [6.45, 7) is 33.5. The second kappa shape index (κ2) is 29.2. The van der Waals surface area contributed by atoms with Crippen molar-refractivity contribution in [3.8, 4) is 67.0 Å². The van der Waals surface area contributed by atoms with E-state index in [-0.39, 0.29) is 54.8 Å². The number of benzene rings is 16. The van der Waals surface area contributed by atoms with Crippen LogP contribution in [0.1, 0.15) is 149 Å². The van der Waals surface area contributed by atoms with Gasteiger partial charge in [-0.25, -0.2) is 0 Å². The summed E-state index contributed by atoms with van der Waals surface area (Å²) < 4.78 is 126. The van der Waals surface area contributed by atoms with Crippen LogP contribution in [0.3, 0.4) is 0 Å². The Morgan fingerprint density at radius 2 is 0.672 bits per heavy atom. The molecule has 18 aromatic rings. The molecular formula is C116H104BN5. The first-order chi connectivity index (χ1) is 64.0. The number of hydrogen-bond donors (Lipinski definition) is 0. The van der Waals surface area contributed by atoms with E-state index in [1.54, 1.807) is 29.2 Å². The van der Waals surface area contributed by atoms with Crippen molar-refractivity contribution in [3.63, 3.8) is 0 Å². The summed E-state index contributed by atoms with van der Waals surface area (Å²) in [6.07, 6.45) is 0. The molecule has 0 spiro atoms. The summed E-state index contributed by atoms with van der Waals surface area (Å²) >= 11 is 0. The fourth-order valence-corrected chi connectivity index (χ4v) is 18.3. The molecule has 0 fully saturated rings. The number of aromatic nitrogens is 2. The van der Waals surface area contributed by atoms with E-state index in [2.05, 4.69) is 355 Å². The zero-order chi connectivity index (χ0) is 95.4. The maximum atomic E-state index is 10.2. The van der Waals surface area contributed by atoms with Crippen molar-refractivity contribution in [3.05, 3.63) is 385 Å². The van der Waals surface area contributed by atoms with Crippen LogP contribution in [0, 0.1) is 0 Å². The lowest BCUT2D eigenvalue weighted by atomic mass is 9.33. The molecule has 4 heterocycles. The van der Waals surface area contributed by atoms with Gasteiger partial charge >= 0.3 is 0 Å². The van der Waals surface area contributed by atoms with Crippen molar-refractivity contribution in [2.24, 2.45) is 0 Å². The highest BCUT2D eigenvalue weighted by atomic mass is 15.2. The third kappa shape index (κ3) is 13.5. The molecule has 20 rings (SSSR count). The van der Waals surface area contributed by atoms with Crippen molar-refractivity contribution in [1.29, 1.82) is 0 Å². The highest BCUT2D eigenvalue weighted by Gasteiger charge is 2.46. The predicted molar refractivity (Wildman–Crippen MR) is 525 cm³/mol. The monoisotopic (exact) mass is 1590 g/mol. The molecule has 16 aromatic carbocycles. The average molecular weight is 1590 g/mol. The molecule has 0 N–H and O–H groups in total. The summed E-state index contributed by atoms with van der Waals surface area (Å²) in [6, 6.07) is 93.4. The maximum Gasteiger partial charge on any atom is 0.252 e. The minimum Gasteiger partial charge on any atom is -0.311 e. The third-order valence-corrected chi connectivity index (χ3v) is 24.9. The molecule has 2 aromatic heterocycles. The molecule has 0 atom stereocenters. The topological polar surface area (TPSA) is 19.6 Å². The number of rotatable bonds is 12. The van der Waals surface area contributed by atoms with Crippen LogP contribution >= 0.6 is 0 Å². The normalized spacial score (nSPS) is 14.5. The predicted octanol–water partition coefficient (Wildman–Crippen LogP) is 30.3. The lowest BCUT2D eigenvalue weighted by Crippen LogP contribution is -2.61. The lowest BCUT2D eigenvalue weighted by molar-refractivity contribution is 0.569. The van der Waals surface area contributed by atoms with Gasteiger partial charge in [0.25, 0.3) is 6.71 Å². The van der Waals surface area contributed by atoms with Crippen LogP contribution in [0.15, 0.2) is 358 Å². The first-order valence-electron chi connectivity index (χ1n) is 48.9. The molecule has 0 radical (unpaired) electrons. The van der Waals surface area contributed by atoms with E-state index in [1.165, 1.54) is 26.8 Å². The van der Waals surface area contributed by atoms with Crippen molar-refractivity contribution in [2.45, 2.75) is 131 Å². The Morgan fingerprint density at radius 3 is 1.16 bits per heavy atom.